The van der Waals surface area contributed by atoms with Gasteiger partial charge in [0.2, 0.25) is 5.95 Å². The van der Waals surface area contributed by atoms with Gasteiger partial charge in [0.05, 0.1) is 77.2 Å². The number of nitrogens with zero attached hydrogens (tertiary/aromatic N) is 19. The van der Waals surface area contributed by atoms with Crippen LogP contribution in [0.1, 0.15) is 119 Å². The summed E-state index contributed by atoms with van der Waals surface area (Å²) in [5, 5.41) is 0. The van der Waals surface area contributed by atoms with E-state index in [0.717, 1.165) is 22.6 Å². The number of aromatic amines is 3. The Kier molecular flexibility index (Phi) is 32.5. The van der Waals surface area contributed by atoms with Gasteiger partial charge in [-0.15, -0.1) is 0 Å². The summed E-state index contributed by atoms with van der Waals surface area (Å²) in [6.07, 6.45) is -15.7. The molecule has 0 radical (unpaired) electrons. The van der Waals surface area contributed by atoms with Gasteiger partial charge in [-0.3, -0.25) is 120 Å². The average molecular weight is 2320 g/mol. The first-order valence-electron chi connectivity index (χ1n) is 44.1. The number of aromatic nitrogens is 22. The van der Waals surface area contributed by atoms with Gasteiger partial charge in [0.1, 0.15) is 158 Å². The number of ether oxygens (including phenoxy) is 7. The van der Waals surface area contributed by atoms with E-state index in [-0.39, 0.29) is 124 Å². The van der Waals surface area contributed by atoms with E-state index in [9.17, 15) is 47.0 Å². The zero-order valence-corrected chi connectivity index (χ0v) is 89.3. The second kappa shape index (κ2) is 43.8. The molecule has 61 nitrogen and oxygen atoms in total. The lowest BCUT2D eigenvalue weighted by molar-refractivity contribution is -0.0531. The van der Waals surface area contributed by atoms with Crippen LogP contribution in [0.4, 0.5) is 29.2 Å². The van der Waals surface area contributed by atoms with Crippen LogP contribution in [-0.4, -0.2) is 239 Å². The average Bonchev–Trinajstić information content (AvgIpc) is 1.63. The Morgan fingerprint density at radius 1 is 0.327 bits per heavy atom. The van der Waals surface area contributed by atoms with E-state index < -0.39 is 256 Å². The molecular formula is C72H94N27O34P7S7. The van der Waals surface area contributed by atoms with Crippen molar-refractivity contribution in [2.45, 2.75) is 208 Å². The number of thiol groups is 7. The van der Waals surface area contributed by atoms with Crippen LogP contribution >= 0.6 is 133 Å². The van der Waals surface area contributed by atoms with E-state index in [2.05, 4.69) is 161 Å². The summed E-state index contributed by atoms with van der Waals surface area (Å²) in [5.41, 5.74) is 27.2. The van der Waals surface area contributed by atoms with Gasteiger partial charge in [0.15, 0.2) is 45.6 Å². The first-order valence-corrected chi connectivity index (χ1v) is 63.0. The van der Waals surface area contributed by atoms with Crippen molar-refractivity contribution in [2.24, 2.45) is 0 Å². The van der Waals surface area contributed by atoms with Crippen LogP contribution in [0.15, 0.2) is 91.6 Å². The van der Waals surface area contributed by atoms with Crippen LogP contribution in [0.5, 0.6) is 0 Å². The van der Waals surface area contributed by atoms with Gasteiger partial charge in [-0.2, -0.15) is 9.97 Å². The van der Waals surface area contributed by atoms with E-state index in [1.807, 2.05) is 0 Å². The normalized spacial score (nSPS) is 29.4. The number of hydrogen-bond donors (Lipinski definition) is 15. The third-order valence-electron chi connectivity index (χ3n) is 24.4. The summed E-state index contributed by atoms with van der Waals surface area (Å²) >= 11 is 30.2. The predicted octanol–water partition coefficient (Wildman–Crippen LogP) is 6.96. The smallest absolute Gasteiger partial charge is 0.383 e. The van der Waals surface area contributed by atoms with Gasteiger partial charge < -0.3 is 66.4 Å². The first-order chi connectivity index (χ1) is 69.5. The van der Waals surface area contributed by atoms with Gasteiger partial charge in [-0.1, -0.05) is 92.7 Å². The standard InChI is InChI=1S/C72H94N27O34P7S7/c1-6-33-34(7-47(120-33)94-15-31(3)66(100)91-71(94)104)128-135(107,142)114-20-44-38(11-51(124-44)97-27-85-55-60(75)79-24-82-63(55)97)131-139(111,146)116-18-42-36(8-48(121-42)93-14-30(2)58(73)88-70(93)103)129-136(108,143)118-21-45-39(12-52(125-45)98-28-86-56-61(76)80-25-83-64(56)98)132-140(112,147)117-19-43-37(9-49(122-43)95-16-32(4)67(101)92-72(95)105)130-137(109,144)119-22-46-40(13-53(126-46)99-29-87-57-65(99)89-69(77)90-68(57)102)133-138(110,145)115-17-41-35(127-134(106,141)113-5)10-50(123-41)96-26-84-54-59(74)78-23-81-62(54)96/h14-16,23-29,33-53H,6-13,17-22H2,1-5H3,(H,106,141)(H,107,142)(H,108,143)(H,109,144)(H,110,145)(H,111,146)(H,112,147)(H2,73,88,103)(H2,74,78,81)(H2,75,79,82)(H2,76,80,83)(H,91,100,104)(H,92,101,105)(H3,77,89,90,102)/t33-,34?,35?,36?,37?,38?,39?,40?,41-,42-,43-,44-,45-,46-,47-,48-,49-,50-,51-,52-,53-,134?,135?,136?,137?,138?,139?,140?/m1/s1. The lowest BCUT2D eigenvalue weighted by atomic mass is 10.1. The molecule has 147 heavy (non-hydrogen) atoms. The van der Waals surface area contributed by atoms with E-state index in [4.69, 9.17) is 125 Å². The van der Waals surface area contributed by atoms with Crippen molar-refractivity contribution in [3.05, 3.63) is 142 Å². The highest BCUT2D eigenvalue weighted by molar-refractivity contribution is 8.46. The number of H-pyrrole nitrogens is 3. The molecule has 75 heteroatoms. The number of imidazole rings is 4. The molecule has 28 atom stereocenters. The molecule has 798 valence electrons. The Balaban J connectivity index is 0.560. The van der Waals surface area contributed by atoms with Crippen molar-refractivity contribution in [1.29, 1.82) is 0 Å². The third-order valence-corrected chi connectivity index (χ3v) is 36.1. The lowest BCUT2D eigenvalue weighted by Crippen LogP contribution is -2.33. The summed E-state index contributed by atoms with van der Waals surface area (Å²) < 4.78 is 239. The monoisotopic (exact) mass is 2320 g/mol. The van der Waals surface area contributed by atoms with Gasteiger partial charge >= 0.3 is 64.7 Å². The predicted molar refractivity (Wildman–Crippen MR) is 534 cm³/mol. The molecule has 11 aromatic rings. The number of nitrogens with one attached hydrogen (secondary N) is 3. The maximum Gasteiger partial charge on any atom is 0.386 e. The fourth-order valence-electron chi connectivity index (χ4n) is 17.3. The van der Waals surface area contributed by atoms with Crippen LogP contribution in [0.3, 0.4) is 0 Å². The highest BCUT2D eigenvalue weighted by Crippen LogP contribution is 2.65. The van der Waals surface area contributed by atoms with E-state index >= 15 is 13.7 Å². The molecule has 0 spiro atoms. The molecule has 18 rings (SSSR count). The van der Waals surface area contributed by atoms with Crippen LogP contribution in [-0.2, 0) is 128 Å². The second-order valence-corrected chi connectivity index (χ2v) is 54.4. The molecule has 0 aliphatic carbocycles. The maximum atomic E-state index is 15.1. The van der Waals surface area contributed by atoms with Gasteiger partial charge in [0, 0.05) is 87.3 Å². The van der Waals surface area contributed by atoms with Crippen molar-refractivity contribution < 1.29 is 128 Å². The number of nitrogen functional groups attached to an aromatic ring is 5. The molecule has 0 bridgehead atoms. The number of anilines is 5. The zero-order valence-electron chi connectivity index (χ0n) is 76.8. The van der Waals surface area contributed by atoms with Crippen molar-refractivity contribution in [3.8, 4) is 0 Å². The van der Waals surface area contributed by atoms with Crippen molar-refractivity contribution in [2.75, 3.05) is 75.4 Å². The summed E-state index contributed by atoms with van der Waals surface area (Å²) in [4.78, 5) is 135. The summed E-state index contributed by atoms with van der Waals surface area (Å²) in [7, 11) is 1.10. The molecule has 0 saturated carbocycles. The Hall–Kier alpha value is -7.54. The minimum Gasteiger partial charge on any atom is -0.383 e. The van der Waals surface area contributed by atoms with E-state index in [0.29, 0.717) is 12.0 Å². The van der Waals surface area contributed by atoms with Crippen molar-refractivity contribution in [3.63, 3.8) is 0 Å². The van der Waals surface area contributed by atoms with Gasteiger partial charge in [-0.05, 0) is 27.2 Å². The maximum absolute atomic E-state index is 15.1. The number of rotatable bonds is 41. The van der Waals surface area contributed by atoms with Crippen LogP contribution in [0.25, 0.3) is 44.7 Å². The topological polar surface area (TPSA) is 782 Å². The third kappa shape index (κ3) is 24.8. The Morgan fingerprint density at radius 3 is 0.898 bits per heavy atom. The van der Waals surface area contributed by atoms with Crippen LogP contribution in [0.2, 0.25) is 0 Å². The molecule has 18 heterocycles. The first kappa shape index (κ1) is 109. The number of fused-ring (bicyclic) bond motifs is 4. The highest BCUT2D eigenvalue weighted by Gasteiger charge is 2.53. The molecule has 11 aromatic heterocycles. The molecule has 13 N–H and O–H groups in total. The quantitative estimate of drug-likeness (QED) is 0.0136. The Labute approximate surface area is 862 Å². The van der Waals surface area contributed by atoms with Crippen molar-refractivity contribution >= 4 is 207 Å². The molecule has 0 aromatic carbocycles. The molecule has 7 aliphatic rings. The molecule has 0 amide bonds. The Bertz CT molecular complexity index is 7600. The summed E-state index contributed by atoms with van der Waals surface area (Å²) in [6.45, 7) is -31.0. The second-order valence-electron chi connectivity index (χ2n) is 34.2. The van der Waals surface area contributed by atoms with Crippen molar-refractivity contribution in [1.82, 2.24) is 107 Å². The number of nitrogens with two attached hydrogens (primary N) is 5. The summed E-state index contributed by atoms with van der Waals surface area (Å²) in [6, 6.07) is 0. The van der Waals surface area contributed by atoms with Gasteiger partial charge in [0.25, 0.3) is 16.7 Å². The molecule has 7 aliphatic heterocycles. The fraction of sp³-hybridized carbons (Fsp3) is 0.556. The molecule has 7 saturated heterocycles. The van der Waals surface area contributed by atoms with Crippen LogP contribution < -0.4 is 62.4 Å². The Morgan fingerprint density at radius 2 is 0.592 bits per heavy atom. The largest absolute Gasteiger partial charge is 0.386 e. The van der Waals surface area contributed by atoms with Crippen LogP contribution in [0, 0.1) is 20.8 Å². The highest BCUT2D eigenvalue weighted by atomic mass is 32.7. The molecule has 7 fully saturated rings. The van der Waals surface area contributed by atoms with Gasteiger partial charge in [-0.25, -0.2) is 96.2 Å². The lowest BCUT2D eigenvalue weighted by Gasteiger charge is -2.27. The zero-order chi connectivity index (χ0) is 105. The minimum atomic E-state index is -4.89. The fourth-order valence-corrected chi connectivity index (χ4v) is 27.5. The number of aryl methyl sites for hydroxylation is 3. The molecular weight excluding hydrogens is 2230 g/mol. The number of hydrogen-bond acceptors (Lipinski definition) is 51. The van der Waals surface area contributed by atoms with E-state index in [1.165, 1.54) is 93.2 Å². The summed E-state index contributed by atoms with van der Waals surface area (Å²) in [5.74, 6) is -0.379. The minimum absolute atomic E-state index is 0.0218. The molecule has 14 unspecified atom stereocenters. The SMILES string of the molecule is CC[C@H]1O[C@@H](n2cc(C)c(=O)[nH]c2=O)CC1OP(=O)(S)OC[C@H]1O[C@@H](n2cnc3c(N)ncnc32)CC1OP(=O)(S)OC[C@H]1O[C@@H](n2cc(C)c(N)nc2=O)CC1OP(=O)(S)OC[C@H]1O[C@@H](n2cnc3c(N)ncnc32)CC1OP(=O)(S)OC[C@H]1O[C@@H](n2cc(C)c(=O)[nH]c2=O)CC1OP(=O)(S)OC[C@H]1O[C@@H](n2cnc3c(=O)[nH]c(N)nc32)CC1OP(=O)(S)OC[C@H]1O[C@@H](n2cnc3c(N)ncnc32)CC1OP(=O)(S)OC. The van der Waals surface area contributed by atoms with E-state index in [1.54, 1.807) is 13.8 Å².